The second kappa shape index (κ2) is 10.6. The Bertz CT molecular complexity index is 376. The highest BCUT2D eigenvalue weighted by molar-refractivity contribution is 5.09. The van der Waals surface area contributed by atoms with Crippen molar-refractivity contribution in [3.63, 3.8) is 0 Å². The van der Waals surface area contributed by atoms with E-state index >= 15 is 0 Å². The van der Waals surface area contributed by atoms with E-state index in [1.165, 1.54) is 12.3 Å². The molecular weight excluding hydrogens is 273 g/mol. The van der Waals surface area contributed by atoms with Gasteiger partial charge in [0.25, 0.3) is 0 Å². The fourth-order valence-electron chi connectivity index (χ4n) is 2.06. The van der Waals surface area contributed by atoms with E-state index in [9.17, 15) is 4.39 Å². The van der Waals surface area contributed by atoms with Crippen LogP contribution in [-0.4, -0.2) is 57.0 Å². The van der Waals surface area contributed by atoms with Crippen LogP contribution in [0.4, 0.5) is 4.39 Å². The summed E-state index contributed by atoms with van der Waals surface area (Å²) in [5, 5.41) is 0. The van der Waals surface area contributed by atoms with E-state index in [0.717, 1.165) is 44.8 Å². The van der Waals surface area contributed by atoms with Crippen molar-refractivity contribution in [2.75, 3.05) is 47.1 Å². The van der Waals surface area contributed by atoms with Gasteiger partial charge in [-0.1, -0.05) is 0 Å². The highest BCUT2D eigenvalue weighted by Crippen LogP contribution is 2.12. The molecule has 0 spiro atoms. The molecule has 0 aliphatic rings. The van der Waals surface area contributed by atoms with Crippen LogP contribution in [-0.2, 0) is 9.47 Å². The van der Waals surface area contributed by atoms with Crippen LogP contribution in [0.5, 0.6) is 0 Å². The van der Waals surface area contributed by atoms with Crippen molar-refractivity contribution < 1.29 is 13.9 Å². The number of aromatic nitrogens is 1. The molecule has 2 N–H and O–H groups in total. The van der Waals surface area contributed by atoms with E-state index in [1.807, 2.05) is 0 Å². The third-order valence-corrected chi connectivity index (χ3v) is 3.32. The van der Waals surface area contributed by atoms with Crippen molar-refractivity contribution in [1.29, 1.82) is 0 Å². The lowest BCUT2D eigenvalue weighted by molar-refractivity contribution is 0.130. The molecule has 0 bridgehead atoms. The van der Waals surface area contributed by atoms with Crippen molar-refractivity contribution in [1.82, 2.24) is 9.88 Å². The van der Waals surface area contributed by atoms with Crippen LogP contribution >= 0.6 is 0 Å². The Balaban J connectivity index is 2.40. The molecule has 0 amide bonds. The Morgan fingerprint density at radius 3 is 2.57 bits per heavy atom. The van der Waals surface area contributed by atoms with Gasteiger partial charge in [0, 0.05) is 46.5 Å². The third kappa shape index (κ3) is 7.47. The summed E-state index contributed by atoms with van der Waals surface area (Å²) in [6, 6.07) is 2.85. The van der Waals surface area contributed by atoms with Crippen LogP contribution in [0.2, 0.25) is 0 Å². The third-order valence-electron chi connectivity index (χ3n) is 3.32. The number of pyridine rings is 1. The maximum atomic E-state index is 12.8. The quantitative estimate of drug-likeness (QED) is 0.629. The Morgan fingerprint density at radius 1 is 1.19 bits per heavy atom. The minimum absolute atomic E-state index is 0.182. The summed E-state index contributed by atoms with van der Waals surface area (Å²) in [6.45, 7) is 4.10. The van der Waals surface area contributed by atoms with Gasteiger partial charge in [-0.2, -0.15) is 0 Å². The fraction of sp³-hybridized carbons (Fsp3) is 0.667. The molecule has 1 rings (SSSR count). The summed E-state index contributed by atoms with van der Waals surface area (Å²) >= 11 is 0. The predicted octanol–water partition coefficient (Wildman–Crippen LogP) is 1.60. The van der Waals surface area contributed by atoms with Gasteiger partial charge >= 0.3 is 0 Å². The van der Waals surface area contributed by atoms with Crippen molar-refractivity contribution in [2.45, 2.75) is 18.9 Å². The number of hydrogen-bond acceptors (Lipinski definition) is 5. The molecule has 0 aromatic carbocycles. The molecule has 0 saturated heterocycles. The lowest BCUT2D eigenvalue weighted by Gasteiger charge is -2.23. The first-order valence-corrected chi connectivity index (χ1v) is 7.24. The van der Waals surface area contributed by atoms with Crippen LogP contribution in [0.3, 0.4) is 0 Å². The molecule has 1 heterocycles. The molecule has 120 valence electrons. The SMILES string of the molecule is COCCCN(CCOC)CCC(N)c1ccc(F)cn1. The number of nitrogens with zero attached hydrogens (tertiary/aromatic N) is 2. The van der Waals surface area contributed by atoms with Crippen LogP contribution in [0, 0.1) is 5.82 Å². The summed E-state index contributed by atoms with van der Waals surface area (Å²) in [5.74, 6) is -0.341. The summed E-state index contributed by atoms with van der Waals surface area (Å²) in [7, 11) is 3.40. The van der Waals surface area contributed by atoms with Gasteiger partial charge in [0.2, 0.25) is 0 Å². The van der Waals surface area contributed by atoms with E-state index in [4.69, 9.17) is 15.2 Å². The van der Waals surface area contributed by atoms with Crippen molar-refractivity contribution >= 4 is 0 Å². The van der Waals surface area contributed by atoms with E-state index in [2.05, 4.69) is 9.88 Å². The zero-order valence-corrected chi connectivity index (χ0v) is 12.9. The van der Waals surface area contributed by atoms with Gasteiger partial charge in [-0.05, 0) is 25.0 Å². The van der Waals surface area contributed by atoms with E-state index < -0.39 is 0 Å². The molecule has 1 unspecified atom stereocenters. The molecule has 1 atom stereocenters. The van der Waals surface area contributed by atoms with Gasteiger partial charge in [0.05, 0.1) is 18.5 Å². The Labute approximate surface area is 126 Å². The first-order chi connectivity index (χ1) is 10.2. The van der Waals surface area contributed by atoms with Crippen LogP contribution in [0.15, 0.2) is 18.3 Å². The molecule has 0 aliphatic heterocycles. The first kappa shape index (κ1) is 18.0. The van der Waals surface area contributed by atoms with E-state index in [1.54, 1.807) is 20.3 Å². The highest BCUT2D eigenvalue weighted by Gasteiger charge is 2.11. The molecule has 21 heavy (non-hydrogen) atoms. The Hall–Kier alpha value is -1.08. The minimum atomic E-state index is -0.341. The molecule has 5 nitrogen and oxygen atoms in total. The number of nitrogens with two attached hydrogens (primary N) is 1. The zero-order chi connectivity index (χ0) is 15.5. The monoisotopic (exact) mass is 299 g/mol. The smallest absolute Gasteiger partial charge is 0.141 e. The van der Waals surface area contributed by atoms with Gasteiger partial charge in [-0.25, -0.2) is 4.39 Å². The topological polar surface area (TPSA) is 60.6 Å². The molecule has 1 aromatic rings. The molecule has 1 aromatic heterocycles. The second-order valence-corrected chi connectivity index (χ2v) is 4.98. The average Bonchev–Trinajstić information content (AvgIpc) is 2.50. The number of hydrogen-bond donors (Lipinski definition) is 1. The van der Waals surface area contributed by atoms with Crippen LogP contribution < -0.4 is 5.73 Å². The normalized spacial score (nSPS) is 12.8. The van der Waals surface area contributed by atoms with Crippen molar-refractivity contribution in [3.8, 4) is 0 Å². The molecule has 6 heteroatoms. The van der Waals surface area contributed by atoms with E-state index in [-0.39, 0.29) is 11.9 Å². The summed E-state index contributed by atoms with van der Waals surface area (Å²) in [4.78, 5) is 6.33. The highest BCUT2D eigenvalue weighted by atomic mass is 19.1. The van der Waals surface area contributed by atoms with Gasteiger partial charge in [-0.3, -0.25) is 4.98 Å². The molecule has 0 saturated carbocycles. The predicted molar refractivity (Wildman–Crippen MR) is 80.5 cm³/mol. The Kier molecular flexibility index (Phi) is 9.09. The standard InChI is InChI=1S/C15H26FN3O2/c1-20-10-3-7-19(9-11-21-2)8-6-14(17)15-5-4-13(16)12-18-15/h4-5,12,14H,3,6-11,17H2,1-2H3. The summed E-state index contributed by atoms with van der Waals surface area (Å²) in [5.41, 5.74) is 6.83. The fourth-order valence-corrected chi connectivity index (χ4v) is 2.06. The molecule has 0 aliphatic carbocycles. The first-order valence-electron chi connectivity index (χ1n) is 7.24. The number of rotatable bonds is 11. The maximum Gasteiger partial charge on any atom is 0.141 e. The van der Waals surface area contributed by atoms with Gasteiger partial charge in [0.1, 0.15) is 5.82 Å². The number of halogens is 1. The second-order valence-electron chi connectivity index (χ2n) is 4.98. The lowest BCUT2D eigenvalue weighted by Crippen LogP contribution is -2.32. The van der Waals surface area contributed by atoms with Gasteiger partial charge in [-0.15, -0.1) is 0 Å². The van der Waals surface area contributed by atoms with Crippen LogP contribution in [0.1, 0.15) is 24.6 Å². The average molecular weight is 299 g/mol. The van der Waals surface area contributed by atoms with Gasteiger partial charge < -0.3 is 20.1 Å². The lowest BCUT2D eigenvalue weighted by atomic mass is 10.1. The summed E-state index contributed by atoms with van der Waals surface area (Å²) < 4.78 is 23.0. The summed E-state index contributed by atoms with van der Waals surface area (Å²) in [6.07, 6.45) is 2.95. The zero-order valence-electron chi connectivity index (χ0n) is 12.9. The van der Waals surface area contributed by atoms with Gasteiger partial charge in [0.15, 0.2) is 0 Å². The number of methoxy groups -OCH3 is 2. The van der Waals surface area contributed by atoms with E-state index in [0.29, 0.717) is 6.61 Å². The number of ether oxygens (including phenoxy) is 2. The molecule has 0 radical (unpaired) electrons. The minimum Gasteiger partial charge on any atom is -0.385 e. The molecule has 0 fully saturated rings. The molecular formula is C15H26FN3O2. The maximum absolute atomic E-state index is 12.8. The van der Waals surface area contributed by atoms with Crippen molar-refractivity contribution in [3.05, 3.63) is 29.8 Å². The largest absolute Gasteiger partial charge is 0.385 e. The van der Waals surface area contributed by atoms with Crippen molar-refractivity contribution in [2.24, 2.45) is 5.73 Å². The Morgan fingerprint density at radius 2 is 1.95 bits per heavy atom. The van der Waals surface area contributed by atoms with Crippen LogP contribution in [0.25, 0.3) is 0 Å².